The Hall–Kier alpha value is -2.66. The van der Waals surface area contributed by atoms with Gasteiger partial charge in [0, 0.05) is 12.0 Å². The summed E-state index contributed by atoms with van der Waals surface area (Å²) in [7, 11) is 0. The number of hydrogen-bond donors (Lipinski definition) is 2. The molecule has 1 saturated carbocycles. The minimum Gasteiger partial charge on any atom is -0.370 e. The smallest absolute Gasteiger partial charge is 0.370 e. The Balaban J connectivity index is 1.64. The molecule has 1 saturated heterocycles. The summed E-state index contributed by atoms with van der Waals surface area (Å²) in [4.78, 5) is 12.0. The van der Waals surface area contributed by atoms with Crippen LogP contribution in [0.2, 0.25) is 0 Å². The van der Waals surface area contributed by atoms with Crippen LogP contribution in [0.3, 0.4) is 0 Å². The molecule has 36 heavy (non-hydrogen) atoms. The van der Waals surface area contributed by atoms with Crippen molar-refractivity contribution >= 4 is 5.91 Å². The highest BCUT2D eigenvalue weighted by Crippen LogP contribution is 2.47. The van der Waals surface area contributed by atoms with E-state index < -0.39 is 47.5 Å². The van der Waals surface area contributed by atoms with E-state index in [9.17, 15) is 35.5 Å². The quantitative estimate of drug-likeness (QED) is 0.498. The zero-order valence-corrected chi connectivity index (χ0v) is 19.2. The topological polar surface area (TPSA) is 64.3 Å². The second-order valence-electron chi connectivity index (χ2n) is 9.43. The van der Waals surface area contributed by atoms with Crippen LogP contribution in [-0.2, 0) is 21.9 Å². The van der Waals surface area contributed by atoms with Crippen LogP contribution in [-0.4, -0.2) is 24.1 Å². The first-order chi connectivity index (χ1) is 16.7. The molecular formula is C25H25F7N2O2. The maximum absolute atomic E-state index is 13.6. The van der Waals surface area contributed by atoms with Crippen LogP contribution >= 0.6 is 0 Å². The number of halogens is 7. The Morgan fingerprint density at radius 2 is 1.56 bits per heavy atom. The van der Waals surface area contributed by atoms with Crippen molar-refractivity contribution in [2.45, 2.75) is 68.7 Å². The number of nitrogens with two attached hydrogens (primary N) is 1. The third kappa shape index (κ3) is 5.51. The van der Waals surface area contributed by atoms with Crippen molar-refractivity contribution in [3.8, 4) is 0 Å². The van der Waals surface area contributed by atoms with Crippen molar-refractivity contribution in [1.29, 1.82) is 0 Å². The molecule has 1 amide bonds. The van der Waals surface area contributed by atoms with Crippen molar-refractivity contribution in [2.24, 2.45) is 11.7 Å². The van der Waals surface area contributed by atoms with Gasteiger partial charge in [-0.3, -0.25) is 4.79 Å². The predicted octanol–water partition coefficient (Wildman–Crippen LogP) is 5.72. The van der Waals surface area contributed by atoms with Gasteiger partial charge in [-0.1, -0.05) is 12.1 Å². The van der Waals surface area contributed by atoms with Crippen molar-refractivity contribution in [3.63, 3.8) is 0 Å². The van der Waals surface area contributed by atoms with Crippen LogP contribution in [0.5, 0.6) is 0 Å². The summed E-state index contributed by atoms with van der Waals surface area (Å²) < 4.78 is 99.6. The minimum absolute atomic E-state index is 0.0785. The van der Waals surface area contributed by atoms with Crippen molar-refractivity contribution in [2.75, 3.05) is 0 Å². The Morgan fingerprint density at radius 1 is 0.972 bits per heavy atom. The van der Waals surface area contributed by atoms with Gasteiger partial charge in [0.25, 0.3) is 0 Å². The second kappa shape index (κ2) is 9.66. The van der Waals surface area contributed by atoms with Crippen molar-refractivity contribution < 1.29 is 40.3 Å². The number of nitrogens with one attached hydrogen (secondary N) is 1. The summed E-state index contributed by atoms with van der Waals surface area (Å²) in [5.41, 5.74) is 3.47. The number of alkyl halides is 6. The molecule has 1 aliphatic heterocycles. The van der Waals surface area contributed by atoms with Gasteiger partial charge in [0.15, 0.2) is 0 Å². The summed E-state index contributed by atoms with van der Waals surface area (Å²) >= 11 is 0. The van der Waals surface area contributed by atoms with E-state index in [4.69, 9.17) is 10.5 Å². The van der Waals surface area contributed by atoms with Gasteiger partial charge in [-0.2, -0.15) is 26.3 Å². The molecule has 6 atom stereocenters. The average molecular weight is 518 g/mol. The van der Waals surface area contributed by atoms with E-state index in [1.807, 2.05) is 0 Å². The number of rotatable bonds is 5. The summed E-state index contributed by atoms with van der Waals surface area (Å²) in [6.45, 7) is 1.40. The van der Waals surface area contributed by atoms with Gasteiger partial charge in [-0.15, -0.1) is 0 Å². The van der Waals surface area contributed by atoms with Crippen LogP contribution in [0.25, 0.3) is 0 Å². The first kappa shape index (κ1) is 26.4. The van der Waals surface area contributed by atoms with Gasteiger partial charge >= 0.3 is 12.4 Å². The highest BCUT2D eigenvalue weighted by molar-refractivity contribution is 5.84. The molecule has 2 fully saturated rings. The molecular weight excluding hydrogens is 493 g/mol. The van der Waals surface area contributed by atoms with Crippen molar-refractivity contribution in [1.82, 2.24) is 5.32 Å². The lowest BCUT2D eigenvalue weighted by Crippen LogP contribution is -2.36. The Labute approximate surface area is 203 Å². The first-order valence-corrected chi connectivity index (χ1v) is 11.5. The van der Waals surface area contributed by atoms with E-state index in [0.717, 1.165) is 0 Å². The van der Waals surface area contributed by atoms with Crippen LogP contribution in [0, 0.1) is 11.7 Å². The monoisotopic (exact) mass is 518 g/mol. The molecule has 2 aliphatic rings. The lowest BCUT2D eigenvalue weighted by atomic mass is 9.82. The highest BCUT2D eigenvalue weighted by atomic mass is 19.4. The molecule has 4 nitrogen and oxygen atoms in total. The Kier molecular flexibility index (Phi) is 7.09. The summed E-state index contributed by atoms with van der Waals surface area (Å²) in [5, 5.41) is 2.87. The maximum Gasteiger partial charge on any atom is 0.416 e. The summed E-state index contributed by atoms with van der Waals surface area (Å²) in [5.74, 6) is -1.29. The number of ether oxygens (including phenoxy) is 1. The van der Waals surface area contributed by atoms with Crippen LogP contribution < -0.4 is 11.1 Å². The Bertz CT molecular complexity index is 1070. The molecule has 2 aromatic rings. The fraction of sp³-hybridized carbons (Fsp3) is 0.480. The highest BCUT2D eigenvalue weighted by Gasteiger charge is 2.46. The molecule has 0 spiro atoms. The van der Waals surface area contributed by atoms with Gasteiger partial charge in [0.05, 0.1) is 29.4 Å². The molecule has 2 aromatic carbocycles. The molecule has 1 heterocycles. The lowest BCUT2D eigenvalue weighted by molar-refractivity contribution is -0.143. The molecule has 11 heteroatoms. The van der Waals surface area contributed by atoms with E-state index in [0.29, 0.717) is 37.0 Å². The summed E-state index contributed by atoms with van der Waals surface area (Å²) in [6.07, 6.45) is -10.2. The number of carbonyl (C=O) groups excluding carboxylic acids is 1. The van der Waals surface area contributed by atoms with Crippen molar-refractivity contribution in [3.05, 3.63) is 70.5 Å². The fourth-order valence-corrected chi connectivity index (χ4v) is 5.31. The lowest BCUT2D eigenvalue weighted by Gasteiger charge is -2.31. The predicted molar refractivity (Wildman–Crippen MR) is 116 cm³/mol. The summed E-state index contributed by atoms with van der Waals surface area (Å²) in [6, 6.07) is 6.13. The van der Waals surface area contributed by atoms with E-state index >= 15 is 0 Å². The first-order valence-electron chi connectivity index (χ1n) is 11.5. The molecule has 0 bridgehead atoms. The van der Waals surface area contributed by atoms with E-state index in [1.54, 1.807) is 12.1 Å². The molecule has 4 rings (SSSR count). The SMILES string of the molecule is C[C@@H](O[C@H]1CC[C@@H]([C@H]2C[C@@H](N)C(=O)N2)[C@@H]1c1ccc(F)cc1)c1cc(C(F)(F)F)cc(C(F)(F)F)c1. The van der Waals surface area contributed by atoms with Gasteiger partial charge in [-0.05, 0) is 73.6 Å². The number of carbonyl (C=O) groups is 1. The van der Waals surface area contributed by atoms with Gasteiger partial charge in [0.2, 0.25) is 5.91 Å². The maximum atomic E-state index is 13.6. The fourth-order valence-electron chi connectivity index (χ4n) is 5.31. The van der Waals surface area contributed by atoms with E-state index in [2.05, 4.69) is 5.32 Å². The van der Waals surface area contributed by atoms with Crippen LogP contribution in [0.15, 0.2) is 42.5 Å². The third-order valence-corrected chi connectivity index (χ3v) is 7.05. The largest absolute Gasteiger partial charge is 0.416 e. The minimum atomic E-state index is -4.97. The standard InChI is InChI=1S/C25H25F7N2O2/c1-12(14-8-15(24(27,28)29)10-16(9-14)25(30,31)32)36-21-7-6-18(20-11-19(33)23(35)34-20)22(21)13-2-4-17(26)5-3-13/h2-5,8-10,12,18-22H,6-7,11,33H2,1H3,(H,34,35)/t12-,18+,19-,20-,21+,22+/m1/s1. The van der Waals surface area contributed by atoms with E-state index in [1.165, 1.54) is 19.1 Å². The third-order valence-electron chi connectivity index (χ3n) is 7.05. The molecule has 3 N–H and O–H groups in total. The zero-order valence-electron chi connectivity index (χ0n) is 19.2. The van der Waals surface area contributed by atoms with Crippen LogP contribution in [0.1, 0.15) is 60.5 Å². The number of hydrogen-bond acceptors (Lipinski definition) is 3. The molecule has 0 radical (unpaired) electrons. The normalized spacial score (nSPS) is 27.8. The number of amides is 1. The van der Waals surface area contributed by atoms with Gasteiger partial charge < -0.3 is 15.8 Å². The average Bonchev–Trinajstić information content (AvgIpc) is 3.35. The van der Waals surface area contributed by atoms with Gasteiger partial charge in [-0.25, -0.2) is 4.39 Å². The zero-order chi connectivity index (χ0) is 26.4. The molecule has 0 aromatic heterocycles. The van der Waals surface area contributed by atoms with Crippen LogP contribution in [0.4, 0.5) is 30.7 Å². The second-order valence-corrected chi connectivity index (χ2v) is 9.43. The number of benzene rings is 2. The molecule has 1 aliphatic carbocycles. The Morgan fingerprint density at radius 3 is 2.06 bits per heavy atom. The molecule has 0 unspecified atom stereocenters. The van der Waals surface area contributed by atoms with E-state index in [-0.39, 0.29) is 35.4 Å². The molecule has 196 valence electrons. The van der Waals surface area contributed by atoms with Gasteiger partial charge in [0.1, 0.15) is 5.82 Å².